The van der Waals surface area contributed by atoms with Crippen LogP contribution >= 0.6 is 0 Å². The molecule has 120 valence electrons. The summed E-state index contributed by atoms with van der Waals surface area (Å²) in [5.41, 5.74) is 6.00. The number of hydrogen-bond donors (Lipinski definition) is 1. The quantitative estimate of drug-likeness (QED) is 0.290. The van der Waals surface area contributed by atoms with E-state index in [1.807, 2.05) is 0 Å². The Hall–Kier alpha value is -0.300. The van der Waals surface area contributed by atoms with Gasteiger partial charge in [-0.2, -0.15) is 0 Å². The van der Waals surface area contributed by atoms with Gasteiger partial charge in [0, 0.05) is 5.54 Å². The molecule has 0 aromatic rings. The predicted molar refractivity (Wildman–Crippen MR) is 93.1 cm³/mol. The molecule has 0 radical (unpaired) electrons. The molecular formula is C19H39N. The zero-order valence-corrected chi connectivity index (χ0v) is 14.4. The van der Waals surface area contributed by atoms with E-state index in [0.717, 1.165) is 6.42 Å². The molecule has 0 saturated carbocycles. The van der Waals surface area contributed by atoms with Crippen LogP contribution in [0.1, 0.15) is 104 Å². The normalized spacial score (nSPS) is 12.4. The third-order valence-electron chi connectivity index (χ3n) is 3.83. The van der Waals surface area contributed by atoms with Crippen molar-refractivity contribution in [3.8, 4) is 0 Å². The van der Waals surface area contributed by atoms with Gasteiger partial charge in [-0.15, -0.1) is 0 Å². The third kappa shape index (κ3) is 17.7. The highest BCUT2D eigenvalue weighted by atomic mass is 14.7. The Labute approximate surface area is 128 Å². The van der Waals surface area contributed by atoms with E-state index >= 15 is 0 Å². The van der Waals surface area contributed by atoms with Crippen molar-refractivity contribution in [3.05, 3.63) is 12.2 Å². The van der Waals surface area contributed by atoms with Crippen molar-refractivity contribution in [2.24, 2.45) is 5.73 Å². The molecule has 0 spiro atoms. The van der Waals surface area contributed by atoms with Gasteiger partial charge in [-0.3, -0.25) is 0 Å². The van der Waals surface area contributed by atoms with Crippen LogP contribution in [0.3, 0.4) is 0 Å². The lowest BCUT2D eigenvalue weighted by Gasteiger charge is -2.17. The maximum atomic E-state index is 5.97. The number of unbranched alkanes of at least 4 members (excludes halogenated alkanes) is 10. The second kappa shape index (κ2) is 13.7. The number of allylic oxidation sites excluding steroid dienone is 2. The fourth-order valence-corrected chi connectivity index (χ4v) is 2.47. The molecule has 20 heavy (non-hydrogen) atoms. The van der Waals surface area contributed by atoms with Gasteiger partial charge < -0.3 is 5.73 Å². The Kier molecular flexibility index (Phi) is 13.5. The van der Waals surface area contributed by atoms with Crippen LogP contribution in [-0.2, 0) is 0 Å². The first-order chi connectivity index (χ1) is 9.56. The third-order valence-corrected chi connectivity index (χ3v) is 3.83. The van der Waals surface area contributed by atoms with E-state index in [4.69, 9.17) is 5.73 Å². The Morgan fingerprint density at radius 1 is 0.700 bits per heavy atom. The van der Waals surface area contributed by atoms with E-state index in [0.29, 0.717) is 0 Å². The molecule has 0 rings (SSSR count). The van der Waals surface area contributed by atoms with E-state index in [1.165, 1.54) is 77.0 Å². The standard InChI is InChI=1S/C19H39N/c1-4-5-6-7-8-9-10-11-12-13-14-15-16-17-18-19(2,3)20/h11-12H,4-10,13-18,20H2,1-3H3. The molecule has 1 nitrogen and oxygen atoms in total. The maximum Gasteiger partial charge on any atom is 0.00970 e. The van der Waals surface area contributed by atoms with Crippen LogP contribution in [0.4, 0.5) is 0 Å². The molecule has 0 unspecified atom stereocenters. The Morgan fingerprint density at radius 3 is 1.65 bits per heavy atom. The summed E-state index contributed by atoms with van der Waals surface area (Å²) in [6.45, 7) is 6.52. The molecule has 0 aromatic carbocycles. The molecule has 0 bridgehead atoms. The van der Waals surface area contributed by atoms with Crippen molar-refractivity contribution in [2.45, 2.75) is 110 Å². The lowest BCUT2D eigenvalue weighted by atomic mass is 9.97. The average molecular weight is 282 g/mol. The molecular weight excluding hydrogens is 242 g/mol. The molecule has 0 fully saturated rings. The topological polar surface area (TPSA) is 26.0 Å². The summed E-state index contributed by atoms with van der Waals surface area (Å²) in [6.07, 6.45) is 22.2. The minimum Gasteiger partial charge on any atom is -0.326 e. The number of nitrogens with two attached hydrogens (primary N) is 1. The Bertz CT molecular complexity index is 212. The highest BCUT2D eigenvalue weighted by Gasteiger charge is 2.08. The molecule has 0 aromatic heterocycles. The molecule has 0 atom stereocenters. The van der Waals surface area contributed by atoms with E-state index in [9.17, 15) is 0 Å². The Balaban J connectivity index is 3.13. The van der Waals surface area contributed by atoms with Gasteiger partial charge in [0.1, 0.15) is 0 Å². The van der Waals surface area contributed by atoms with Crippen molar-refractivity contribution in [2.75, 3.05) is 0 Å². The predicted octanol–water partition coefficient (Wildman–Crippen LogP) is 6.37. The van der Waals surface area contributed by atoms with Crippen molar-refractivity contribution in [3.63, 3.8) is 0 Å². The second-order valence-corrected chi connectivity index (χ2v) is 6.97. The fourth-order valence-electron chi connectivity index (χ4n) is 2.47. The van der Waals surface area contributed by atoms with Crippen LogP contribution in [0.25, 0.3) is 0 Å². The molecule has 0 aliphatic heterocycles. The fraction of sp³-hybridized carbons (Fsp3) is 0.895. The summed E-state index contributed by atoms with van der Waals surface area (Å²) in [5, 5.41) is 0. The molecule has 1 heteroatoms. The summed E-state index contributed by atoms with van der Waals surface area (Å²) in [4.78, 5) is 0. The summed E-state index contributed by atoms with van der Waals surface area (Å²) in [7, 11) is 0. The second-order valence-electron chi connectivity index (χ2n) is 6.97. The van der Waals surface area contributed by atoms with Gasteiger partial charge in [0.05, 0.1) is 0 Å². The van der Waals surface area contributed by atoms with Crippen molar-refractivity contribution < 1.29 is 0 Å². The van der Waals surface area contributed by atoms with Crippen molar-refractivity contribution >= 4 is 0 Å². The zero-order valence-electron chi connectivity index (χ0n) is 14.4. The van der Waals surface area contributed by atoms with E-state index in [-0.39, 0.29) is 5.54 Å². The van der Waals surface area contributed by atoms with E-state index in [1.54, 1.807) is 0 Å². The highest BCUT2D eigenvalue weighted by Crippen LogP contribution is 2.13. The first kappa shape index (κ1) is 19.7. The van der Waals surface area contributed by atoms with Gasteiger partial charge in [0.15, 0.2) is 0 Å². The lowest BCUT2D eigenvalue weighted by molar-refractivity contribution is 0.443. The van der Waals surface area contributed by atoms with Crippen molar-refractivity contribution in [1.82, 2.24) is 0 Å². The van der Waals surface area contributed by atoms with Crippen LogP contribution in [0, 0.1) is 0 Å². The average Bonchev–Trinajstić information content (AvgIpc) is 2.38. The molecule has 0 aliphatic rings. The van der Waals surface area contributed by atoms with Crippen LogP contribution in [0.2, 0.25) is 0 Å². The summed E-state index contributed by atoms with van der Waals surface area (Å²) in [6, 6.07) is 0. The van der Waals surface area contributed by atoms with Gasteiger partial charge in [-0.05, 0) is 46.0 Å². The SMILES string of the molecule is CCCCCCCCC=CCCCCCCC(C)(C)N. The molecule has 2 N–H and O–H groups in total. The van der Waals surface area contributed by atoms with Crippen LogP contribution in [0.15, 0.2) is 12.2 Å². The molecule has 0 heterocycles. The minimum absolute atomic E-state index is 0.0248. The maximum absolute atomic E-state index is 5.97. The molecule has 0 amide bonds. The van der Waals surface area contributed by atoms with Gasteiger partial charge in [-0.25, -0.2) is 0 Å². The van der Waals surface area contributed by atoms with Gasteiger partial charge in [0.2, 0.25) is 0 Å². The van der Waals surface area contributed by atoms with Crippen LogP contribution in [-0.4, -0.2) is 5.54 Å². The van der Waals surface area contributed by atoms with Crippen LogP contribution < -0.4 is 5.73 Å². The van der Waals surface area contributed by atoms with Gasteiger partial charge >= 0.3 is 0 Å². The van der Waals surface area contributed by atoms with Crippen molar-refractivity contribution in [1.29, 1.82) is 0 Å². The van der Waals surface area contributed by atoms with Gasteiger partial charge in [-0.1, -0.05) is 70.4 Å². The zero-order chi connectivity index (χ0) is 15.1. The summed E-state index contributed by atoms with van der Waals surface area (Å²) in [5.74, 6) is 0. The highest BCUT2D eigenvalue weighted by molar-refractivity contribution is 4.81. The monoisotopic (exact) mass is 281 g/mol. The van der Waals surface area contributed by atoms with E-state index in [2.05, 4.69) is 32.9 Å². The van der Waals surface area contributed by atoms with Gasteiger partial charge in [0.25, 0.3) is 0 Å². The lowest BCUT2D eigenvalue weighted by Crippen LogP contribution is -2.31. The Morgan fingerprint density at radius 2 is 1.15 bits per heavy atom. The first-order valence-corrected chi connectivity index (χ1v) is 9.00. The smallest absolute Gasteiger partial charge is 0.00970 e. The number of hydrogen-bond acceptors (Lipinski definition) is 1. The van der Waals surface area contributed by atoms with Crippen LogP contribution in [0.5, 0.6) is 0 Å². The number of rotatable bonds is 14. The van der Waals surface area contributed by atoms with E-state index < -0.39 is 0 Å². The molecule has 0 saturated heterocycles. The largest absolute Gasteiger partial charge is 0.326 e. The molecule has 0 aliphatic carbocycles. The summed E-state index contributed by atoms with van der Waals surface area (Å²) < 4.78 is 0. The first-order valence-electron chi connectivity index (χ1n) is 9.00. The summed E-state index contributed by atoms with van der Waals surface area (Å²) >= 11 is 0. The minimum atomic E-state index is 0.0248.